The number of carboxylic acid groups (broad SMARTS) is 1. The summed E-state index contributed by atoms with van der Waals surface area (Å²) in [6.45, 7) is -0.0605. The third-order valence-electron chi connectivity index (χ3n) is 7.32. The molecule has 2 saturated heterocycles. The first kappa shape index (κ1) is 23.2. The van der Waals surface area contributed by atoms with E-state index >= 15 is 0 Å². The highest BCUT2D eigenvalue weighted by atomic mass is 19.4. The van der Waals surface area contributed by atoms with Crippen LogP contribution in [-0.4, -0.2) is 58.9 Å². The molecule has 0 radical (unpaired) electrons. The number of alkyl halides is 3. The van der Waals surface area contributed by atoms with Gasteiger partial charge >= 0.3 is 18.2 Å². The average Bonchev–Trinajstić information content (AvgIpc) is 3.45. The van der Waals surface area contributed by atoms with E-state index in [4.69, 9.17) is 4.74 Å². The minimum Gasteiger partial charge on any atom is -0.479 e. The van der Waals surface area contributed by atoms with Crippen molar-refractivity contribution in [3.05, 3.63) is 59.7 Å². The molecular formula is C25H23F3N2O5. The van der Waals surface area contributed by atoms with Crippen molar-refractivity contribution in [1.82, 2.24) is 10.2 Å². The molecule has 2 aromatic carbocycles. The Bertz CT molecular complexity index is 1150. The number of fused-ring (bicyclic) bond motifs is 4. The molecular weight excluding hydrogens is 465 g/mol. The molecule has 2 aliphatic carbocycles. The number of carboxylic acids is 1. The number of benzene rings is 2. The smallest absolute Gasteiger partial charge is 0.409 e. The van der Waals surface area contributed by atoms with Gasteiger partial charge in [0, 0.05) is 12.5 Å². The van der Waals surface area contributed by atoms with Crippen LogP contribution in [0.5, 0.6) is 0 Å². The number of amides is 2. The molecule has 184 valence electrons. The van der Waals surface area contributed by atoms with E-state index in [-0.39, 0.29) is 37.8 Å². The lowest BCUT2D eigenvalue weighted by molar-refractivity contribution is -0.168. The van der Waals surface area contributed by atoms with Gasteiger partial charge in [-0.05, 0) is 41.0 Å². The van der Waals surface area contributed by atoms with Crippen LogP contribution in [0.25, 0.3) is 11.1 Å². The lowest BCUT2D eigenvalue weighted by Crippen LogP contribution is -2.56. The molecule has 35 heavy (non-hydrogen) atoms. The van der Waals surface area contributed by atoms with Crippen molar-refractivity contribution in [2.24, 2.45) is 5.92 Å². The van der Waals surface area contributed by atoms with Crippen LogP contribution >= 0.6 is 0 Å². The number of nitrogens with zero attached hydrogens (tertiary/aromatic N) is 1. The lowest BCUT2D eigenvalue weighted by atomic mass is 9.73. The van der Waals surface area contributed by atoms with Gasteiger partial charge in [-0.15, -0.1) is 0 Å². The second kappa shape index (κ2) is 8.28. The molecule has 1 unspecified atom stereocenters. The molecule has 2 aliphatic heterocycles. The minimum absolute atomic E-state index is 0.0190. The first-order chi connectivity index (χ1) is 16.6. The summed E-state index contributed by atoms with van der Waals surface area (Å²) in [4.78, 5) is 37.6. The fraction of sp³-hybridized carbons (Fsp3) is 0.400. The first-order valence-electron chi connectivity index (χ1n) is 11.3. The standard InChI is InChI=1S/C25H23F3N2O5/c26-25(27,28)20(9-21(31)30-12-14-10-24(30,11-14)22(32)33)29-23(34)35-13-19-17-7-3-1-5-15(17)16-6-2-4-8-18(16)19/h1-8,14,19-20H,9-13H2,(H,29,34)(H,32,33). The number of nitrogens with one attached hydrogen (secondary N) is 1. The van der Waals surface area contributed by atoms with E-state index in [1.807, 2.05) is 48.5 Å². The topological polar surface area (TPSA) is 95.9 Å². The zero-order valence-corrected chi connectivity index (χ0v) is 18.5. The molecule has 4 aliphatic rings. The van der Waals surface area contributed by atoms with Crippen LogP contribution in [0.3, 0.4) is 0 Å². The van der Waals surface area contributed by atoms with Gasteiger partial charge in [-0.2, -0.15) is 13.2 Å². The quantitative estimate of drug-likeness (QED) is 0.643. The number of ether oxygens (including phenoxy) is 1. The number of carbonyl (C=O) groups excluding carboxylic acids is 2. The summed E-state index contributed by atoms with van der Waals surface area (Å²) in [5, 5.41) is 11.2. The van der Waals surface area contributed by atoms with Crippen molar-refractivity contribution in [2.75, 3.05) is 13.2 Å². The molecule has 0 spiro atoms. The predicted octanol–water partition coefficient (Wildman–Crippen LogP) is 3.92. The Labute approximate surface area is 198 Å². The molecule has 3 fully saturated rings. The number of alkyl carbamates (subject to hydrolysis) is 1. The number of hydrogen-bond donors (Lipinski definition) is 2. The fourth-order valence-corrected chi connectivity index (χ4v) is 5.62. The molecule has 6 rings (SSSR count). The van der Waals surface area contributed by atoms with E-state index in [0.29, 0.717) is 0 Å². The van der Waals surface area contributed by atoms with Crippen molar-refractivity contribution in [2.45, 2.75) is 42.9 Å². The van der Waals surface area contributed by atoms with Crippen LogP contribution in [-0.2, 0) is 14.3 Å². The van der Waals surface area contributed by atoms with Crippen molar-refractivity contribution in [3.63, 3.8) is 0 Å². The summed E-state index contributed by atoms with van der Waals surface area (Å²) < 4.78 is 46.2. The molecule has 2 bridgehead atoms. The second-order valence-electron chi connectivity index (χ2n) is 9.38. The Hall–Kier alpha value is -3.56. The van der Waals surface area contributed by atoms with Gasteiger partial charge in [0.05, 0.1) is 6.42 Å². The van der Waals surface area contributed by atoms with Crippen LogP contribution in [0.1, 0.15) is 36.3 Å². The molecule has 0 aromatic heterocycles. The van der Waals surface area contributed by atoms with Crippen LogP contribution in [0, 0.1) is 5.92 Å². The maximum atomic E-state index is 13.7. The highest BCUT2D eigenvalue weighted by Gasteiger charge is 2.63. The van der Waals surface area contributed by atoms with Crippen molar-refractivity contribution >= 4 is 18.0 Å². The SMILES string of the molecule is O=C(NC(CC(=O)N1CC2CC1(C(=O)O)C2)C(F)(F)F)OCC1c2ccccc2-c2ccccc21. The molecule has 10 heteroatoms. The molecule has 1 saturated carbocycles. The van der Waals surface area contributed by atoms with E-state index in [1.165, 1.54) is 0 Å². The molecule has 2 N–H and O–H groups in total. The fourth-order valence-electron chi connectivity index (χ4n) is 5.62. The Morgan fingerprint density at radius 2 is 1.63 bits per heavy atom. The number of carbonyl (C=O) groups is 3. The summed E-state index contributed by atoms with van der Waals surface area (Å²) in [7, 11) is 0. The molecule has 2 amide bonds. The predicted molar refractivity (Wildman–Crippen MR) is 117 cm³/mol. The first-order valence-corrected chi connectivity index (χ1v) is 11.3. The van der Waals surface area contributed by atoms with Gasteiger partial charge in [-0.25, -0.2) is 9.59 Å². The second-order valence-corrected chi connectivity index (χ2v) is 9.38. The lowest BCUT2D eigenvalue weighted by Gasteiger charge is -2.38. The Morgan fingerprint density at radius 1 is 1.06 bits per heavy atom. The average molecular weight is 488 g/mol. The monoisotopic (exact) mass is 488 g/mol. The Morgan fingerprint density at radius 3 is 2.17 bits per heavy atom. The van der Waals surface area contributed by atoms with Gasteiger partial charge in [0.1, 0.15) is 18.2 Å². The third-order valence-corrected chi connectivity index (χ3v) is 7.32. The Kier molecular flexibility index (Phi) is 5.49. The van der Waals surface area contributed by atoms with Gasteiger partial charge in [-0.3, -0.25) is 4.79 Å². The van der Waals surface area contributed by atoms with Gasteiger partial charge in [0.2, 0.25) is 5.91 Å². The molecule has 1 atom stereocenters. The normalized spacial score (nSPS) is 23.2. The molecule has 2 heterocycles. The largest absolute Gasteiger partial charge is 0.479 e. The molecule has 7 nitrogen and oxygen atoms in total. The van der Waals surface area contributed by atoms with Crippen molar-refractivity contribution < 1.29 is 37.4 Å². The summed E-state index contributed by atoms with van der Waals surface area (Å²) in [5.41, 5.74) is 2.35. The van der Waals surface area contributed by atoms with E-state index in [1.54, 1.807) is 5.32 Å². The summed E-state index contributed by atoms with van der Waals surface area (Å²) in [6.07, 6.45) is -6.81. The summed E-state index contributed by atoms with van der Waals surface area (Å²) in [5.74, 6) is -2.51. The molecule has 2 aromatic rings. The zero-order valence-electron chi connectivity index (χ0n) is 18.5. The van der Waals surface area contributed by atoms with Gasteiger partial charge in [0.15, 0.2) is 0 Å². The minimum atomic E-state index is -4.92. The van der Waals surface area contributed by atoms with E-state index in [2.05, 4.69) is 0 Å². The maximum Gasteiger partial charge on any atom is 0.409 e. The van der Waals surface area contributed by atoms with Gasteiger partial charge in [-0.1, -0.05) is 48.5 Å². The van der Waals surface area contributed by atoms with Gasteiger partial charge in [0.25, 0.3) is 0 Å². The summed E-state index contributed by atoms with van der Waals surface area (Å²) >= 11 is 0. The van der Waals surface area contributed by atoms with E-state index in [9.17, 15) is 32.7 Å². The van der Waals surface area contributed by atoms with Crippen LogP contribution in [0.15, 0.2) is 48.5 Å². The third kappa shape index (κ3) is 3.90. The maximum absolute atomic E-state index is 13.7. The van der Waals surface area contributed by atoms with Crippen molar-refractivity contribution in [3.8, 4) is 11.1 Å². The van der Waals surface area contributed by atoms with Crippen LogP contribution in [0.2, 0.25) is 0 Å². The highest BCUT2D eigenvalue weighted by Crippen LogP contribution is 2.51. The highest BCUT2D eigenvalue weighted by molar-refractivity contribution is 5.90. The van der Waals surface area contributed by atoms with Crippen LogP contribution < -0.4 is 5.32 Å². The number of aliphatic carboxylic acids is 1. The number of halogens is 3. The van der Waals surface area contributed by atoms with Crippen LogP contribution in [0.4, 0.5) is 18.0 Å². The van der Waals surface area contributed by atoms with Crippen molar-refractivity contribution in [1.29, 1.82) is 0 Å². The van der Waals surface area contributed by atoms with E-state index < -0.39 is 42.1 Å². The summed E-state index contributed by atoms with van der Waals surface area (Å²) in [6, 6.07) is 12.6. The van der Waals surface area contributed by atoms with E-state index in [0.717, 1.165) is 27.2 Å². The number of rotatable bonds is 6. The zero-order chi connectivity index (χ0) is 25.0. The van der Waals surface area contributed by atoms with Gasteiger partial charge < -0.3 is 20.1 Å². The number of hydrogen-bond acceptors (Lipinski definition) is 4. The Balaban J connectivity index is 1.25.